The monoisotopic (exact) mass is 246 g/mol. The minimum absolute atomic E-state index is 0.0721. The van der Waals surface area contributed by atoms with Crippen LogP contribution < -0.4 is 0 Å². The largest absolute Gasteiger partial charge is 0.460 e. The van der Waals surface area contributed by atoms with E-state index in [1.807, 2.05) is 0 Å². The predicted molar refractivity (Wildman–Crippen MR) is 64.6 cm³/mol. The molecule has 0 rings (SSSR count). The van der Waals surface area contributed by atoms with Gasteiger partial charge in [0.25, 0.3) is 0 Å². The average molecular weight is 246 g/mol. The van der Waals surface area contributed by atoms with Gasteiger partial charge < -0.3 is 14.6 Å². The SMILES string of the molecule is C#SCCCOCC(O)COC(=O)C(=C)C. The van der Waals surface area contributed by atoms with Gasteiger partial charge in [0.05, 0.1) is 6.61 Å². The number of hydrogen-bond acceptors (Lipinski definition) is 4. The number of aliphatic hydroxyl groups excluding tert-OH is 1. The molecule has 1 atom stereocenters. The third-order valence-electron chi connectivity index (χ3n) is 1.62. The van der Waals surface area contributed by atoms with Crippen LogP contribution in [0.25, 0.3) is 0 Å². The van der Waals surface area contributed by atoms with Crippen LogP contribution in [0.1, 0.15) is 13.3 Å². The lowest BCUT2D eigenvalue weighted by molar-refractivity contribution is -0.143. The third-order valence-corrected chi connectivity index (χ3v) is 2.14. The summed E-state index contributed by atoms with van der Waals surface area (Å²) in [5.74, 6) is 0.319. The van der Waals surface area contributed by atoms with Crippen molar-refractivity contribution in [1.82, 2.24) is 0 Å². The van der Waals surface area contributed by atoms with Gasteiger partial charge in [-0.1, -0.05) is 6.58 Å². The number of hydrogen-bond donors (Lipinski definition) is 1. The molecule has 0 aliphatic carbocycles. The van der Waals surface area contributed by atoms with E-state index in [-0.39, 0.29) is 13.2 Å². The van der Waals surface area contributed by atoms with Crippen molar-refractivity contribution in [2.75, 3.05) is 25.6 Å². The standard InChI is InChI=1S/C11H18O4S/c1-9(2)11(13)15-8-10(12)7-14-5-4-6-16-3/h3,10,12H,1,4-8H2,2H3. The number of carbonyl (C=O) groups excluding carboxylic acids is 1. The Kier molecular flexibility index (Phi) is 8.85. The summed E-state index contributed by atoms with van der Waals surface area (Å²) >= 11 is 1.26. The molecular formula is C11H18O4S. The van der Waals surface area contributed by atoms with E-state index in [1.165, 1.54) is 11.2 Å². The van der Waals surface area contributed by atoms with Crippen LogP contribution in [0.3, 0.4) is 0 Å². The van der Waals surface area contributed by atoms with E-state index < -0.39 is 12.1 Å². The molecular weight excluding hydrogens is 228 g/mol. The summed E-state index contributed by atoms with van der Waals surface area (Å²) in [6, 6.07) is 0. The maximum Gasteiger partial charge on any atom is 0.333 e. The van der Waals surface area contributed by atoms with Crippen LogP contribution in [-0.4, -0.2) is 42.8 Å². The molecule has 4 nitrogen and oxygen atoms in total. The summed E-state index contributed by atoms with van der Waals surface area (Å²) in [7, 11) is 0. The van der Waals surface area contributed by atoms with Gasteiger partial charge in [0.1, 0.15) is 12.7 Å². The molecule has 1 unspecified atom stereocenters. The lowest BCUT2D eigenvalue weighted by Crippen LogP contribution is -2.24. The summed E-state index contributed by atoms with van der Waals surface area (Å²) < 4.78 is 9.91. The van der Waals surface area contributed by atoms with Gasteiger partial charge in [-0.3, -0.25) is 0 Å². The molecule has 92 valence electrons. The van der Waals surface area contributed by atoms with Crippen LogP contribution >= 0.6 is 11.2 Å². The third kappa shape index (κ3) is 8.44. The first kappa shape index (κ1) is 15.1. The Morgan fingerprint density at radius 2 is 2.25 bits per heavy atom. The molecule has 0 aliphatic heterocycles. The molecule has 0 saturated heterocycles. The van der Waals surface area contributed by atoms with E-state index in [4.69, 9.17) is 15.2 Å². The van der Waals surface area contributed by atoms with Crippen molar-refractivity contribution < 1.29 is 19.4 Å². The van der Waals surface area contributed by atoms with E-state index in [2.05, 4.69) is 6.58 Å². The van der Waals surface area contributed by atoms with Gasteiger partial charge in [-0.25, -0.2) is 4.79 Å². The Morgan fingerprint density at radius 3 is 2.81 bits per heavy atom. The van der Waals surface area contributed by atoms with Gasteiger partial charge in [-0.2, -0.15) is 0 Å². The van der Waals surface area contributed by atoms with Crippen molar-refractivity contribution in [3.05, 3.63) is 12.2 Å². The first-order chi connectivity index (χ1) is 7.57. The number of esters is 1. The van der Waals surface area contributed by atoms with Crippen LogP contribution in [0.4, 0.5) is 0 Å². The fraction of sp³-hybridized carbons (Fsp3) is 0.636. The number of rotatable bonds is 8. The average Bonchev–Trinajstić information content (AvgIpc) is 2.25. The van der Waals surface area contributed by atoms with Gasteiger partial charge in [0, 0.05) is 17.9 Å². The summed E-state index contributed by atoms with van der Waals surface area (Å²) in [6.45, 7) is 5.60. The molecule has 0 saturated carbocycles. The molecule has 0 heterocycles. The Bertz CT molecular complexity index is 270. The molecule has 0 spiro atoms. The topological polar surface area (TPSA) is 55.8 Å². The van der Waals surface area contributed by atoms with Crippen molar-refractivity contribution in [3.63, 3.8) is 0 Å². The van der Waals surface area contributed by atoms with Crippen molar-refractivity contribution in [2.24, 2.45) is 0 Å². The molecule has 0 aromatic rings. The maximum absolute atomic E-state index is 11.0. The lowest BCUT2D eigenvalue weighted by Gasteiger charge is -2.11. The van der Waals surface area contributed by atoms with Crippen LogP contribution in [0, 0.1) is 5.69 Å². The fourth-order valence-electron chi connectivity index (χ4n) is 0.807. The molecule has 0 aliphatic rings. The van der Waals surface area contributed by atoms with Crippen molar-refractivity contribution in [1.29, 1.82) is 0 Å². The van der Waals surface area contributed by atoms with Gasteiger partial charge in [-0.15, -0.1) is 16.9 Å². The number of carbonyl (C=O) groups is 1. The van der Waals surface area contributed by atoms with Crippen LogP contribution in [0.2, 0.25) is 0 Å². The highest BCUT2D eigenvalue weighted by Crippen LogP contribution is 1.96. The highest BCUT2D eigenvalue weighted by Gasteiger charge is 2.09. The normalized spacial score (nSPS) is 11.8. The smallest absolute Gasteiger partial charge is 0.333 e. The second-order valence-electron chi connectivity index (χ2n) is 3.33. The summed E-state index contributed by atoms with van der Waals surface area (Å²) in [5.41, 5.74) is 5.54. The first-order valence-corrected chi connectivity index (χ1v) is 6.03. The van der Waals surface area contributed by atoms with Crippen LogP contribution in [0.15, 0.2) is 12.2 Å². The zero-order valence-corrected chi connectivity index (χ0v) is 10.3. The highest BCUT2D eigenvalue weighted by molar-refractivity contribution is 7.88. The highest BCUT2D eigenvalue weighted by atomic mass is 32.1. The van der Waals surface area contributed by atoms with Crippen molar-refractivity contribution in [2.45, 2.75) is 19.4 Å². The molecule has 0 bridgehead atoms. The molecule has 1 N–H and O–H groups in total. The summed E-state index contributed by atoms with van der Waals surface area (Å²) in [5, 5.41) is 9.37. The minimum atomic E-state index is -0.797. The van der Waals surface area contributed by atoms with Gasteiger partial charge in [0.15, 0.2) is 0 Å². The van der Waals surface area contributed by atoms with E-state index in [0.29, 0.717) is 12.2 Å². The molecule has 16 heavy (non-hydrogen) atoms. The Hall–Kier alpha value is -0.870. The first-order valence-electron chi connectivity index (χ1n) is 4.98. The van der Waals surface area contributed by atoms with Crippen molar-refractivity contribution in [3.8, 4) is 5.69 Å². The number of ether oxygens (including phenoxy) is 2. The lowest BCUT2D eigenvalue weighted by atomic mass is 10.3. The zero-order chi connectivity index (χ0) is 12.4. The summed E-state index contributed by atoms with van der Waals surface area (Å²) in [4.78, 5) is 11.0. The van der Waals surface area contributed by atoms with Gasteiger partial charge >= 0.3 is 5.97 Å². The van der Waals surface area contributed by atoms with E-state index in [1.54, 1.807) is 6.92 Å². The molecule has 0 aromatic heterocycles. The molecule has 0 radical (unpaired) electrons. The zero-order valence-electron chi connectivity index (χ0n) is 9.48. The molecule has 5 heteroatoms. The Labute approximate surface area is 99.8 Å². The predicted octanol–water partition coefficient (Wildman–Crippen LogP) is 1.20. The number of aliphatic hydroxyl groups is 1. The van der Waals surface area contributed by atoms with Crippen LogP contribution in [0.5, 0.6) is 0 Å². The van der Waals surface area contributed by atoms with E-state index in [0.717, 1.165) is 12.2 Å². The fourth-order valence-corrected chi connectivity index (χ4v) is 1.09. The minimum Gasteiger partial charge on any atom is -0.460 e. The van der Waals surface area contributed by atoms with Crippen molar-refractivity contribution >= 4 is 17.1 Å². The second-order valence-corrected chi connectivity index (χ2v) is 4.07. The van der Waals surface area contributed by atoms with Crippen LogP contribution in [-0.2, 0) is 14.3 Å². The van der Waals surface area contributed by atoms with Gasteiger partial charge in [-0.05, 0) is 13.3 Å². The van der Waals surface area contributed by atoms with E-state index in [9.17, 15) is 9.90 Å². The maximum atomic E-state index is 11.0. The van der Waals surface area contributed by atoms with E-state index >= 15 is 0 Å². The quantitative estimate of drug-likeness (QED) is 0.397. The molecule has 0 amide bonds. The summed E-state index contributed by atoms with van der Waals surface area (Å²) in [6.07, 6.45) is 0.0354. The Balaban J connectivity index is 3.45. The molecule has 0 fully saturated rings. The Morgan fingerprint density at radius 1 is 1.56 bits per heavy atom. The molecule has 0 aromatic carbocycles. The van der Waals surface area contributed by atoms with Gasteiger partial charge in [0.2, 0.25) is 0 Å². The second kappa shape index (κ2) is 9.36.